The Bertz CT molecular complexity index is 545. The molecule has 19 heavy (non-hydrogen) atoms. The van der Waals surface area contributed by atoms with Gasteiger partial charge in [0.25, 0.3) is 5.89 Å². The first-order valence-electron chi connectivity index (χ1n) is 5.56. The molecule has 1 atom stereocenters. The summed E-state index contributed by atoms with van der Waals surface area (Å²) in [6.45, 7) is 2.04. The van der Waals surface area contributed by atoms with Gasteiger partial charge in [-0.05, 0) is 26.1 Å². The van der Waals surface area contributed by atoms with E-state index >= 15 is 0 Å². The van der Waals surface area contributed by atoms with Crippen LogP contribution in [0.3, 0.4) is 0 Å². The van der Waals surface area contributed by atoms with Crippen molar-refractivity contribution in [1.82, 2.24) is 15.5 Å². The number of hydrogen-bond acceptors (Lipinski definition) is 4. The number of likely N-dealkylation sites (N-methyl/N-ethyl adjacent to an activating group) is 1. The van der Waals surface area contributed by atoms with E-state index in [0.29, 0.717) is 33.7 Å². The molecule has 0 spiro atoms. The third-order valence-corrected chi connectivity index (χ3v) is 3.45. The number of aromatic nitrogens is 2. The van der Waals surface area contributed by atoms with E-state index in [2.05, 4.69) is 15.5 Å². The molecule has 1 heterocycles. The van der Waals surface area contributed by atoms with E-state index in [9.17, 15) is 0 Å². The lowest BCUT2D eigenvalue weighted by atomic mass is 10.2. The average Bonchev–Trinajstić information content (AvgIpc) is 2.80. The first kappa shape index (κ1) is 16.2. The van der Waals surface area contributed by atoms with Crippen LogP contribution in [0.2, 0.25) is 10.0 Å². The first-order valence-corrected chi connectivity index (χ1v) is 6.31. The van der Waals surface area contributed by atoms with E-state index in [1.54, 1.807) is 18.2 Å². The Labute approximate surface area is 127 Å². The van der Waals surface area contributed by atoms with Crippen molar-refractivity contribution in [3.8, 4) is 11.5 Å². The number of nitrogens with zero attached hydrogens (tertiary/aromatic N) is 2. The van der Waals surface area contributed by atoms with Gasteiger partial charge in [-0.15, -0.1) is 12.4 Å². The zero-order valence-corrected chi connectivity index (χ0v) is 12.8. The second-order valence-corrected chi connectivity index (χ2v) is 4.80. The number of nitrogens with one attached hydrogen (secondary N) is 1. The highest BCUT2D eigenvalue weighted by Crippen LogP contribution is 2.32. The second kappa shape index (κ2) is 7.10. The van der Waals surface area contributed by atoms with Gasteiger partial charge in [-0.3, -0.25) is 0 Å². The van der Waals surface area contributed by atoms with Crippen LogP contribution >= 0.6 is 35.6 Å². The predicted molar refractivity (Wildman–Crippen MR) is 79.2 cm³/mol. The summed E-state index contributed by atoms with van der Waals surface area (Å²) < 4.78 is 5.20. The summed E-state index contributed by atoms with van der Waals surface area (Å²) in [6.07, 6.45) is 0.693. The molecule has 1 aromatic heterocycles. The average molecular weight is 323 g/mol. The highest BCUT2D eigenvalue weighted by Gasteiger charge is 2.14. The summed E-state index contributed by atoms with van der Waals surface area (Å²) in [7, 11) is 1.89. The van der Waals surface area contributed by atoms with Gasteiger partial charge in [-0.1, -0.05) is 34.4 Å². The Kier molecular flexibility index (Phi) is 6.07. The molecule has 0 amide bonds. The molecule has 0 saturated heterocycles. The van der Waals surface area contributed by atoms with Gasteiger partial charge in [0.2, 0.25) is 0 Å². The quantitative estimate of drug-likeness (QED) is 0.934. The monoisotopic (exact) mass is 321 g/mol. The van der Waals surface area contributed by atoms with Crippen molar-refractivity contribution in [1.29, 1.82) is 0 Å². The molecule has 2 aromatic rings. The molecule has 0 aliphatic rings. The molecule has 0 bridgehead atoms. The van der Waals surface area contributed by atoms with E-state index in [4.69, 9.17) is 27.7 Å². The Balaban J connectivity index is 0.00000180. The van der Waals surface area contributed by atoms with Gasteiger partial charge >= 0.3 is 0 Å². The highest BCUT2D eigenvalue weighted by molar-refractivity contribution is 6.43. The van der Waals surface area contributed by atoms with Crippen molar-refractivity contribution in [3.63, 3.8) is 0 Å². The van der Waals surface area contributed by atoms with Crippen LogP contribution < -0.4 is 5.32 Å². The first-order chi connectivity index (χ1) is 8.61. The Morgan fingerprint density at radius 2 is 2.11 bits per heavy atom. The van der Waals surface area contributed by atoms with Gasteiger partial charge in [0.05, 0.1) is 15.6 Å². The van der Waals surface area contributed by atoms with E-state index < -0.39 is 0 Å². The maximum Gasteiger partial charge on any atom is 0.259 e. The van der Waals surface area contributed by atoms with Crippen LogP contribution in [0.4, 0.5) is 0 Å². The van der Waals surface area contributed by atoms with Crippen LogP contribution in [0.25, 0.3) is 11.5 Å². The summed E-state index contributed by atoms with van der Waals surface area (Å²) in [5.74, 6) is 1.03. The fourth-order valence-electron chi connectivity index (χ4n) is 1.49. The van der Waals surface area contributed by atoms with Crippen LogP contribution in [0.1, 0.15) is 12.7 Å². The van der Waals surface area contributed by atoms with Crippen molar-refractivity contribution < 1.29 is 4.52 Å². The fourth-order valence-corrected chi connectivity index (χ4v) is 1.87. The molecule has 0 fully saturated rings. The molecule has 1 unspecified atom stereocenters. The summed E-state index contributed by atoms with van der Waals surface area (Å²) in [4.78, 5) is 4.31. The Morgan fingerprint density at radius 3 is 2.79 bits per heavy atom. The van der Waals surface area contributed by atoms with Crippen molar-refractivity contribution >= 4 is 35.6 Å². The van der Waals surface area contributed by atoms with E-state index in [0.717, 1.165) is 0 Å². The van der Waals surface area contributed by atoms with Crippen molar-refractivity contribution in [2.75, 3.05) is 7.05 Å². The Morgan fingerprint density at radius 1 is 1.37 bits per heavy atom. The molecule has 1 N–H and O–H groups in total. The highest BCUT2D eigenvalue weighted by atomic mass is 35.5. The third kappa shape index (κ3) is 3.83. The van der Waals surface area contributed by atoms with E-state index in [1.807, 2.05) is 14.0 Å². The molecule has 104 valence electrons. The standard InChI is InChI=1S/C12H13Cl2N3O.ClH/c1-7(15-2)6-10-16-12(18-17-10)8-4-3-5-9(13)11(8)14;/h3-5,7,15H,6H2,1-2H3;1H. The van der Waals surface area contributed by atoms with Crippen molar-refractivity contribution in [2.24, 2.45) is 0 Å². The molecule has 7 heteroatoms. The lowest BCUT2D eigenvalue weighted by Crippen LogP contribution is -2.24. The SMILES string of the molecule is CNC(C)Cc1noc(-c2cccc(Cl)c2Cl)n1.Cl. The van der Waals surface area contributed by atoms with Crippen molar-refractivity contribution in [2.45, 2.75) is 19.4 Å². The number of halogens is 3. The molecule has 0 saturated carbocycles. The van der Waals surface area contributed by atoms with E-state index in [-0.39, 0.29) is 18.4 Å². The molecule has 0 aliphatic heterocycles. The molecule has 0 aliphatic carbocycles. The van der Waals surface area contributed by atoms with Gasteiger partial charge in [-0.25, -0.2) is 0 Å². The normalized spacial score (nSPS) is 12.0. The van der Waals surface area contributed by atoms with Gasteiger partial charge < -0.3 is 9.84 Å². The van der Waals surface area contributed by atoms with Gasteiger partial charge in [0.15, 0.2) is 5.82 Å². The van der Waals surface area contributed by atoms with Gasteiger partial charge in [0, 0.05) is 12.5 Å². The minimum atomic E-state index is 0. The summed E-state index contributed by atoms with van der Waals surface area (Å²) >= 11 is 12.0. The molecular formula is C12H14Cl3N3O. The maximum absolute atomic E-state index is 6.10. The smallest absolute Gasteiger partial charge is 0.259 e. The van der Waals surface area contributed by atoms with Crippen LogP contribution in [-0.4, -0.2) is 23.2 Å². The third-order valence-electron chi connectivity index (χ3n) is 2.63. The van der Waals surface area contributed by atoms with Crippen LogP contribution in [0.5, 0.6) is 0 Å². The lowest BCUT2D eigenvalue weighted by Gasteiger charge is -2.04. The molecule has 1 aromatic carbocycles. The summed E-state index contributed by atoms with van der Waals surface area (Å²) in [5, 5.41) is 7.93. The molecular weight excluding hydrogens is 309 g/mol. The number of rotatable bonds is 4. The van der Waals surface area contributed by atoms with Gasteiger partial charge in [-0.2, -0.15) is 4.98 Å². The zero-order chi connectivity index (χ0) is 13.1. The number of benzene rings is 1. The minimum absolute atomic E-state index is 0. The van der Waals surface area contributed by atoms with Crippen LogP contribution in [-0.2, 0) is 6.42 Å². The summed E-state index contributed by atoms with van der Waals surface area (Å²) in [6, 6.07) is 5.59. The fraction of sp³-hybridized carbons (Fsp3) is 0.333. The van der Waals surface area contributed by atoms with Gasteiger partial charge in [0.1, 0.15) is 0 Å². The lowest BCUT2D eigenvalue weighted by molar-refractivity contribution is 0.418. The molecule has 4 nitrogen and oxygen atoms in total. The summed E-state index contributed by atoms with van der Waals surface area (Å²) in [5.41, 5.74) is 0.653. The zero-order valence-electron chi connectivity index (χ0n) is 10.5. The predicted octanol–water partition coefficient (Wildman–Crippen LogP) is 3.62. The Hall–Kier alpha value is -0.810. The molecule has 2 rings (SSSR count). The van der Waals surface area contributed by atoms with Crippen LogP contribution in [0.15, 0.2) is 22.7 Å². The largest absolute Gasteiger partial charge is 0.334 e. The number of hydrogen-bond donors (Lipinski definition) is 1. The maximum atomic E-state index is 6.10. The minimum Gasteiger partial charge on any atom is -0.334 e. The topological polar surface area (TPSA) is 51.0 Å². The van der Waals surface area contributed by atoms with Crippen LogP contribution in [0, 0.1) is 0 Å². The van der Waals surface area contributed by atoms with Crippen molar-refractivity contribution in [3.05, 3.63) is 34.1 Å². The van der Waals surface area contributed by atoms with E-state index in [1.165, 1.54) is 0 Å². The molecule has 0 radical (unpaired) electrons. The second-order valence-electron chi connectivity index (χ2n) is 4.01.